The van der Waals surface area contributed by atoms with E-state index in [-0.39, 0.29) is 0 Å². The van der Waals surface area contributed by atoms with Crippen LogP contribution >= 0.6 is 0 Å². The molecule has 0 radical (unpaired) electrons. The summed E-state index contributed by atoms with van der Waals surface area (Å²) in [6, 6.07) is 44.6. The van der Waals surface area contributed by atoms with Gasteiger partial charge in [-0.25, -0.2) is 0 Å². The molecule has 0 aliphatic heterocycles. The van der Waals surface area contributed by atoms with Crippen LogP contribution in [0.15, 0.2) is 140 Å². The van der Waals surface area contributed by atoms with E-state index in [4.69, 9.17) is 4.98 Å². The van der Waals surface area contributed by atoms with Gasteiger partial charge in [0.15, 0.2) is 0 Å². The van der Waals surface area contributed by atoms with Crippen molar-refractivity contribution >= 4 is 0 Å². The summed E-state index contributed by atoms with van der Waals surface area (Å²) < 4.78 is 0. The van der Waals surface area contributed by atoms with E-state index in [1.807, 2.05) is 140 Å². The molecule has 36 heavy (non-hydrogen) atoms. The van der Waals surface area contributed by atoms with Crippen molar-refractivity contribution in [1.82, 2.24) is 4.98 Å². The maximum absolute atomic E-state index is 12.2. The fourth-order valence-electron chi connectivity index (χ4n) is 4.79. The molecular formula is C33H29NO2. The van der Waals surface area contributed by atoms with Gasteiger partial charge in [-0.1, -0.05) is 127 Å². The van der Waals surface area contributed by atoms with Gasteiger partial charge >= 0.3 is 0 Å². The lowest BCUT2D eigenvalue weighted by atomic mass is 9.81. The summed E-state index contributed by atoms with van der Waals surface area (Å²) in [5.74, 6) is 0. The minimum absolute atomic E-state index is 0.358. The molecule has 0 aliphatic carbocycles. The molecule has 4 aromatic carbocycles. The number of hydrogen-bond acceptors (Lipinski definition) is 3. The predicted octanol–water partition coefficient (Wildman–Crippen LogP) is 6.04. The second-order valence-electron chi connectivity index (χ2n) is 9.19. The summed E-state index contributed by atoms with van der Waals surface area (Å²) in [6.07, 6.45) is 0.716. The molecule has 2 N–H and O–H groups in total. The lowest BCUT2D eigenvalue weighted by Crippen LogP contribution is -2.35. The van der Waals surface area contributed by atoms with E-state index in [0.717, 1.165) is 22.3 Å². The van der Waals surface area contributed by atoms with E-state index < -0.39 is 11.2 Å². The van der Waals surface area contributed by atoms with Crippen LogP contribution in [0.25, 0.3) is 0 Å². The largest absolute Gasteiger partial charge is 0.378 e. The Balaban J connectivity index is 1.64. The molecule has 0 saturated heterocycles. The maximum Gasteiger partial charge on any atom is 0.135 e. The van der Waals surface area contributed by atoms with Gasteiger partial charge in [0.25, 0.3) is 0 Å². The Morgan fingerprint density at radius 3 is 1.11 bits per heavy atom. The van der Waals surface area contributed by atoms with Crippen LogP contribution in [0.4, 0.5) is 0 Å². The van der Waals surface area contributed by atoms with Crippen molar-refractivity contribution in [1.29, 1.82) is 0 Å². The lowest BCUT2D eigenvalue weighted by Gasteiger charge is -2.32. The first-order chi connectivity index (χ1) is 17.6. The number of pyridine rings is 1. The van der Waals surface area contributed by atoms with Crippen LogP contribution in [0.3, 0.4) is 0 Å². The molecule has 0 spiro atoms. The van der Waals surface area contributed by atoms with Gasteiger partial charge in [0.2, 0.25) is 0 Å². The zero-order chi connectivity index (χ0) is 24.8. The molecular weight excluding hydrogens is 442 g/mol. The van der Waals surface area contributed by atoms with Gasteiger partial charge in [-0.05, 0) is 34.4 Å². The Kier molecular flexibility index (Phi) is 6.77. The zero-order valence-corrected chi connectivity index (χ0v) is 20.0. The van der Waals surface area contributed by atoms with Crippen molar-refractivity contribution in [3.63, 3.8) is 0 Å². The van der Waals surface area contributed by atoms with Gasteiger partial charge in [0.05, 0.1) is 11.4 Å². The summed E-state index contributed by atoms with van der Waals surface area (Å²) in [5, 5.41) is 24.4. The number of hydrogen-bond donors (Lipinski definition) is 2. The van der Waals surface area contributed by atoms with Crippen molar-refractivity contribution in [3.05, 3.63) is 173 Å². The van der Waals surface area contributed by atoms with Gasteiger partial charge in [-0.2, -0.15) is 0 Å². The summed E-state index contributed by atoms with van der Waals surface area (Å²) >= 11 is 0. The molecule has 0 amide bonds. The van der Waals surface area contributed by atoms with Crippen molar-refractivity contribution < 1.29 is 10.2 Å². The van der Waals surface area contributed by atoms with Crippen molar-refractivity contribution in [3.8, 4) is 0 Å². The van der Waals surface area contributed by atoms with Gasteiger partial charge < -0.3 is 10.2 Å². The van der Waals surface area contributed by atoms with Gasteiger partial charge in [-0.15, -0.1) is 0 Å². The molecule has 2 unspecified atom stereocenters. The van der Waals surface area contributed by atoms with Crippen molar-refractivity contribution in [2.24, 2.45) is 0 Å². The van der Waals surface area contributed by atoms with E-state index in [1.165, 1.54) is 0 Å². The molecule has 5 aromatic rings. The summed E-state index contributed by atoms with van der Waals surface area (Å²) in [5.41, 5.74) is 1.76. The van der Waals surface area contributed by atoms with E-state index >= 15 is 0 Å². The highest BCUT2D eigenvalue weighted by molar-refractivity contribution is 5.40. The first kappa shape index (κ1) is 23.7. The maximum atomic E-state index is 12.2. The van der Waals surface area contributed by atoms with E-state index in [0.29, 0.717) is 24.2 Å². The molecule has 0 saturated carbocycles. The number of nitrogens with zero attached hydrogens (tertiary/aromatic N) is 1. The summed E-state index contributed by atoms with van der Waals surface area (Å²) in [6.45, 7) is 0. The normalized spacial score (nSPS) is 14.5. The minimum atomic E-state index is -1.37. The Labute approximate surface area is 212 Å². The highest BCUT2D eigenvalue weighted by Gasteiger charge is 2.37. The highest BCUT2D eigenvalue weighted by atomic mass is 16.3. The molecule has 0 fully saturated rings. The predicted molar refractivity (Wildman–Crippen MR) is 143 cm³/mol. The first-order valence-electron chi connectivity index (χ1n) is 12.2. The van der Waals surface area contributed by atoms with E-state index in [1.54, 1.807) is 0 Å². The number of aromatic nitrogens is 1. The number of aliphatic hydroxyl groups is 2. The molecule has 3 nitrogen and oxygen atoms in total. The third-order valence-corrected chi connectivity index (χ3v) is 6.70. The standard InChI is InChI=1S/C33H29NO2/c35-32(28-18-9-3-10-19-28,24-26-14-5-1-6-15-26)30-22-13-23-31(34-30)33(36,29-20-11-4-12-21-29)25-27-16-7-2-8-17-27/h1-23,35-36H,24-25H2. The second-order valence-corrected chi connectivity index (χ2v) is 9.19. The lowest BCUT2D eigenvalue weighted by molar-refractivity contribution is 0.0651. The van der Waals surface area contributed by atoms with Crippen LogP contribution in [-0.4, -0.2) is 15.2 Å². The molecule has 2 atom stereocenters. The van der Waals surface area contributed by atoms with Crippen molar-refractivity contribution in [2.75, 3.05) is 0 Å². The van der Waals surface area contributed by atoms with Crippen LogP contribution < -0.4 is 0 Å². The Morgan fingerprint density at radius 1 is 0.417 bits per heavy atom. The molecule has 3 heteroatoms. The molecule has 0 bridgehead atoms. The number of rotatable bonds is 8. The Hall–Kier alpha value is -4.05. The molecule has 5 rings (SSSR count). The smallest absolute Gasteiger partial charge is 0.135 e. The van der Waals surface area contributed by atoms with E-state index in [2.05, 4.69) is 0 Å². The fraction of sp³-hybridized carbons (Fsp3) is 0.121. The average Bonchev–Trinajstić information content (AvgIpc) is 2.95. The summed E-state index contributed by atoms with van der Waals surface area (Å²) in [4.78, 5) is 4.96. The summed E-state index contributed by atoms with van der Waals surface area (Å²) in [7, 11) is 0. The zero-order valence-electron chi connectivity index (χ0n) is 20.0. The molecule has 178 valence electrons. The second kappa shape index (κ2) is 10.3. The Morgan fingerprint density at radius 2 is 0.750 bits per heavy atom. The van der Waals surface area contributed by atoms with Gasteiger partial charge in [0, 0.05) is 12.8 Å². The van der Waals surface area contributed by atoms with Crippen LogP contribution in [0.1, 0.15) is 33.6 Å². The van der Waals surface area contributed by atoms with Crippen LogP contribution in [0.5, 0.6) is 0 Å². The quantitative estimate of drug-likeness (QED) is 0.290. The fourth-order valence-corrected chi connectivity index (χ4v) is 4.79. The number of benzene rings is 4. The Bertz CT molecular complexity index is 1290. The van der Waals surface area contributed by atoms with Gasteiger partial charge in [-0.3, -0.25) is 4.98 Å². The van der Waals surface area contributed by atoms with Crippen LogP contribution in [-0.2, 0) is 24.0 Å². The monoisotopic (exact) mass is 471 g/mol. The highest BCUT2D eigenvalue weighted by Crippen LogP contribution is 2.36. The average molecular weight is 472 g/mol. The first-order valence-corrected chi connectivity index (χ1v) is 12.2. The topological polar surface area (TPSA) is 53.4 Å². The van der Waals surface area contributed by atoms with Crippen LogP contribution in [0.2, 0.25) is 0 Å². The minimum Gasteiger partial charge on any atom is -0.378 e. The third-order valence-electron chi connectivity index (χ3n) is 6.70. The van der Waals surface area contributed by atoms with Gasteiger partial charge in [0.1, 0.15) is 11.2 Å². The SMILES string of the molecule is OC(Cc1ccccc1)(c1ccccc1)c1cccc(C(O)(Cc2ccccc2)c2ccccc2)n1. The molecule has 1 heterocycles. The van der Waals surface area contributed by atoms with Crippen LogP contribution in [0, 0.1) is 0 Å². The van der Waals surface area contributed by atoms with E-state index in [9.17, 15) is 10.2 Å². The third kappa shape index (κ3) is 4.85. The molecule has 1 aromatic heterocycles. The molecule has 0 aliphatic rings. The van der Waals surface area contributed by atoms with Crippen molar-refractivity contribution in [2.45, 2.75) is 24.0 Å².